The molecule has 6 nitrogen and oxygen atoms in total. The van der Waals surface area contributed by atoms with E-state index >= 15 is 0 Å². The lowest BCUT2D eigenvalue weighted by atomic mass is 10.2. The first-order valence-corrected chi connectivity index (χ1v) is 8.75. The lowest BCUT2D eigenvalue weighted by Gasteiger charge is -2.21. The van der Waals surface area contributed by atoms with E-state index in [0.717, 1.165) is 11.1 Å². The minimum atomic E-state index is -0.634. The highest BCUT2D eigenvalue weighted by Crippen LogP contribution is 2.08. The van der Waals surface area contributed by atoms with Gasteiger partial charge in [0, 0.05) is 6.54 Å². The minimum absolute atomic E-state index is 0.101. The molecule has 0 bridgehead atoms. The molecule has 0 radical (unpaired) electrons. The lowest BCUT2D eigenvalue weighted by Crippen LogP contribution is -2.37. The van der Waals surface area contributed by atoms with Gasteiger partial charge < -0.3 is 14.4 Å². The Morgan fingerprint density at radius 2 is 1.41 bits per heavy atom. The van der Waals surface area contributed by atoms with E-state index in [1.165, 1.54) is 4.90 Å². The maximum atomic E-state index is 12.5. The average Bonchev–Trinajstić information content (AvgIpc) is 2.67. The number of esters is 2. The predicted molar refractivity (Wildman–Crippen MR) is 99.3 cm³/mol. The Morgan fingerprint density at radius 1 is 0.815 bits per heavy atom. The van der Waals surface area contributed by atoms with Gasteiger partial charge in [-0.15, -0.1) is 0 Å². The van der Waals surface area contributed by atoms with Gasteiger partial charge in [0.2, 0.25) is 5.91 Å². The molecule has 142 valence electrons. The molecular formula is C21H23NO5. The van der Waals surface area contributed by atoms with Crippen molar-refractivity contribution in [3.8, 4) is 0 Å². The number of hydrogen-bond donors (Lipinski definition) is 0. The quantitative estimate of drug-likeness (QED) is 0.502. The van der Waals surface area contributed by atoms with Crippen molar-refractivity contribution in [3.63, 3.8) is 0 Å². The minimum Gasteiger partial charge on any atom is -0.465 e. The second-order valence-electron chi connectivity index (χ2n) is 5.86. The molecule has 0 aromatic heterocycles. The van der Waals surface area contributed by atoms with E-state index < -0.39 is 24.3 Å². The summed E-state index contributed by atoms with van der Waals surface area (Å²) < 4.78 is 10.1. The van der Waals surface area contributed by atoms with Crippen LogP contribution in [0.4, 0.5) is 0 Å². The fourth-order valence-electron chi connectivity index (χ4n) is 2.42. The topological polar surface area (TPSA) is 72.9 Å². The molecule has 0 heterocycles. The van der Waals surface area contributed by atoms with Crippen LogP contribution in [0.5, 0.6) is 0 Å². The number of rotatable bonds is 9. The molecule has 0 aliphatic carbocycles. The molecule has 0 aliphatic heterocycles. The summed E-state index contributed by atoms with van der Waals surface area (Å²) in [6.07, 6.45) is -0.431. The molecule has 0 spiro atoms. The van der Waals surface area contributed by atoms with Crippen LogP contribution >= 0.6 is 0 Å². The van der Waals surface area contributed by atoms with Gasteiger partial charge in [-0.1, -0.05) is 60.7 Å². The predicted octanol–water partition coefficient (Wildman–Crippen LogP) is 2.71. The molecule has 2 rings (SSSR count). The first-order chi connectivity index (χ1) is 13.1. The Labute approximate surface area is 158 Å². The molecule has 0 atom stereocenters. The van der Waals surface area contributed by atoms with Gasteiger partial charge in [0.05, 0.1) is 6.61 Å². The van der Waals surface area contributed by atoms with Crippen LogP contribution in [0.2, 0.25) is 0 Å². The number of ether oxygens (including phenoxy) is 2. The molecule has 1 amide bonds. The first kappa shape index (κ1) is 20.2. The van der Waals surface area contributed by atoms with Gasteiger partial charge >= 0.3 is 11.9 Å². The second kappa shape index (κ2) is 10.8. The Morgan fingerprint density at radius 3 is 2.00 bits per heavy atom. The van der Waals surface area contributed by atoms with Crippen molar-refractivity contribution < 1.29 is 23.9 Å². The molecule has 2 aromatic rings. The summed E-state index contributed by atoms with van der Waals surface area (Å²) in [5.41, 5.74) is 1.69. The van der Waals surface area contributed by atoms with Crippen LogP contribution in [-0.2, 0) is 37.0 Å². The highest BCUT2D eigenvalue weighted by Gasteiger charge is 2.21. The third-order valence-corrected chi connectivity index (χ3v) is 3.73. The molecular weight excluding hydrogens is 346 g/mol. The van der Waals surface area contributed by atoms with E-state index in [-0.39, 0.29) is 26.3 Å². The number of nitrogens with zero attached hydrogens (tertiary/aromatic N) is 1. The van der Waals surface area contributed by atoms with Gasteiger partial charge in [0.1, 0.15) is 19.6 Å². The van der Waals surface area contributed by atoms with Crippen molar-refractivity contribution in [1.29, 1.82) is 0 Å². The number of benzene rings is 2. The van der Waals surface area contributed by atoms with Crippen molar-refractivity contribution in [3.05, 3.63) is 71.8 Å². The van der Waals surface area contributed by atoms with Crippen LogP contribution in [0.25, 0.3) is 0 Å². The molecule has 0 N–H and O–H groups in total. The van der Waals surface area contributed by atoms with Crippen LogP contribution in [0.1, 0.15) is 24.5 Å². The normalized spacial score (nSPS) is 10.1. The molecule has 27 heavy (non-hydrogen) atoms. The monoisotopic (exact) mass is 369 g/mol. The van der Waals surface area contributed by atoms with Crippen molar-refractivity contribution in [2.75, 3.05) is 13.2 Å². The van der Waals surface area contributed by atoms with Crippen molar-refractivity contribution in [2.24, 2.45) is 0 Å². The maximum Gasteiger partial charge on any atom is 0.325 e. The summed E-state index contributed by atoms with van der Waals surface area (Å²) in [5.74, 6) is -1.63. The smallest absolute Gasteiger partial charge is 0.325 e. The molecule has 0 fully saturated rings. The van der Waals surface area contributed by atoms with Gasteiger partial charge in [-0.05, 0) is 18.1 Å². The molecule has 0 saturated carbocycles. The standard InChI is InChI=1S/C21H23NO5/c1-2-26-21(25)15-22(14-17-9-5-3-6-10-17)19(23)13-20(24)27-16-18-11-7-4-8-12-18/h3-12H,2,13-16H2,1H3. The highest BCUT2D eigenvalue weighted by molar-refractivity contribution is 5.95. The van der Waals surface area contributed by atoms with E-state index in [0.29, 0.717) is 0 Å². The van der Waals surface area contributed by atoms with Crippen LogP contribution in [-0.4, -0.2) is 35.9 Å². The summed E-state index contributed by atoms with van der Waals surface area (Å²) in [6, 6.07) is 18.5. The van der Waals surface area contributed by atoms with E-state index in [2.05, 4.69) is 0 Å². The van der Waals surface area contributed by atoms with E-state index in [9.17, 15) is 14.4 Å². The van der Waals surface area contributed by atoms with Crippen molar-refractivity contribution in [1.82, 2.24) is 4.90 Å². The largest absolute Gasteiger partial charge is 0.465 e. The summed E-state index contributed by atoms with van der Waals surface area (Å²) >= 11 is 0. The zero-order valence-corrected chi connectivity index (χ0v) is 15.3. The number of hydrogen-bond acceptors (Lipinski definition) is 5. The number of amides is 1. The van der Waals surface area contributed by atoms with Gasteiger partial charge in [-0.2, -0.15) is 0 Å². The van der Waals surface area contributed by atoms with Gasteiger partial charge in [0.25, 0.3) is 0 Å². The van der Waals surface area contributed by atoms with Crippen molar-refractivity contribution in [2.45, 2.75) is 26.5 Å². The Kier molecular flexibility index (Phi) is 8.03. The second-order valence-corrected chi connectivity index (χ2v) is 5.86. The van der Waals surface area contributed by atoms with E-state index in [4.69, 9.17) is 9.47 Å². The third kappa shape index (κ3) is 7.32. The van der Waals surface area contributed by atoms with Crippen LogP contribution in [0.15, 0.2) is 60.7 Å². The summed E-state index contributed by atoms with van der Waals surface area (Å²) in [4.78, 5) is 37.7. The summed E-state index contributed by atoms with van der Waals surface area (Å²) in [6.45, 7) is 2.02. The Bertz CT molecular complexity index is 746. The third-order valence-electron chi connectivity index (χ3n) is 3.73. The van der Waals surface area contributed by atoms with Crippen LogP contribution in [0, 0.1) is 0 Å². The van der Waals surface area contributed by atoms with Crippen LogP contribution < -0.4 is 0 Å². The molecule has 6 heteroatoms. The SMILES string of the molecule is CCOC(=O)CN(Cc1ccccc1)C(=O)CC(=O)OCc1ccccc1. The number of carbonyl (C=O) groups excluding carboxylic acids is 3. The maximum absolute atomic E-state index is 12.5. The first-order valence-electron chi connectivity index (χ1n) is 8.75. The Balaban J connectivity index is 1.94. The zero-order chi connectivity index (χ0) is 19.5. The van der Waals surface area contributed by atoms with Gasteiger partial charge in [-0.25, -0.2) is 0 Å². The molecule has 0 aliphatic rings. The molecule has 2 aromatic carbocycles. The van der Waals surface area contributed by atoms with E-state index in [1.54, 1.807) is 6.92 Å². The fraction of sp³-hybridized carbons (Fsp3) is 0.286. The van der Waals surface area contributed by atoms with Gasteiger partial charge in [-0.3, -0.25) is 14.4 Å². The summed E-state index contributed by atoms with van der Waals surface area (Å²) in [5, 5.41) is 0. The number of carbonyl (C=O) groups is 3. The summed E-state index contributed by atoms with van der Waals surface area (Å²) in [7, 11) is 0. The van der Waals surface area contributed by atoms with Crippen molar-refractivity contribution >= 4 is 17.8 Å². The van der Waals surface area contributed by atoms with Gasteiger partial charge in [0.15, 0.2) is 0 Å². The highest BCUT2D eigenvalue weighted by atomic mass is 16.5. The van der Waals surface area contributed by atoms with Crippen LogP contribution in [0.3, 0.4) is 0 Å². The Hall–Kier alpha value is -3.15. The lowest BCUT2D eigenvalue weighted by molar-refractivity contribution is -0.154. The fourth-order valence-corrected chi connectivity index (χ4v) is 2.42. The molecule has 0 unspecified atom stereocenters. The van der Waals surface area contributed by atoms with E-state index in [1.807, 2.05) is 60.7 Å². The zero-order valence-electron chi connectivity index (χ0n) is 15.3. The molecule has 0 saturated heterocycles. The average molecular weight is 369 g/mol.